The van der Waals surface area contributed by atoms with E-state index in [1.165, 1.54) is 5.56 Å². The zero-order valence-electron chi connectivity index (χ0n) is 8.90. The first kappa shape index (κ1) is 9.93. The van der Waals surface area contributed by atoms with Crippen LogP contribution in [0.2, 0.25) is 0 Å². The van der Waals surface area contributed by atoms with Gasteiger partial charge in [-0.2, -0.15) is 0 Å². The van der Waals surface area contributed by atoms with Gasteiger partial charge in [-0.1, -0.05) is 29.8 Å². The third kappa shape index (κ3) is 2.07. The summed E-state index contributed by atoms with van der Waals surface area (Å²) in [5.74, 6) is 1.34. The van der Waals surface area contributed by atoms with E-state index in [2.05, 4.69) is 11.9 Å². The van der Waals surface area contributed by atoms with E-state index in [0.29, 0.717) is 5.89 Å². The van der Waals surface area contributed by atoms with Crippen LogP contribution in [0.1, 0.15) is 24.4 Å². The number of hydrogen-bond acceptors (Lipinski definition) is 3. The fraction of sp³-hybridized carbons (Fsp3) is 0.250. The van der Waals surface area contributed by atoms with Gasteiger partial charge in [0.1, 0.15) is 0 Å². The molecule has 0 amide bonds. The summed E-state index contributed by atoms with van der Waals surface area (Å²) >= 11 is 0. The van der Waals surface area contributed by atoms with Crippen LogP contribution >= 0.6 is 0 Å². The minimum absolute atomic E-state index is 0.163. The molecule has 0 aliphatic rings. The number of nitrogens with two attached hydrogens (primary N) is 1. The van der Waals surface area contributed by atoms with E-state index in [-0.39, 0.29) is 6.04 Å². The molecule has 0 aliphatic carbocycles. The Morgan fingerprint density at radius 2 is 1.93 bits per heavy atom. The van der Waals surface area contributed by atoms with Gasteiger partial charge >= 0.3 is 0 Å². The number of nitrogens with zero attached hydrogens (tertiary/aromatic N) is 1. The first-order valence-electron chi connectivity index (χ1n) is 4.95. The first-order chi connectivity index (χ1) is 7.16. The van der Waals surface area contributed by atoms with E-state index in [9.17, 15) is 0 Å². The van der Waals surface area contributed by atoms with E-state index in [4.69, 9.17) is 10.2 Å². The molecular formula is C12H14N2O. The van der Waals surface area contributed by atoms with Gasteiger partial charge in [0.15, 0.2) is 5.76 Å². The Bertz CT molecular complexity index is 443. The van der Waals surface area contributed by atoms with Gasteiger partial charge in [0.2, 0.25) is 5.89 Å². The Hall–Kier alpha value is -1.61. The average molecular weight is 202 g/mol. The zero-order valence-corrected chi connectivity index (χ0v) is 8.90. The molecule has 78 valence electrons. The van der Waals surface area contributed by atoms with Crippen LogP contribution in [0.3, 0.4) is 0 Å². The van der Waals surface area contributed by atoms with E-state index < -0.39 is 0 Å². The third-order valence-electron chi connectivity index (χ3n) is 2.25. The van der Waals surface area contributed by atoms with Crippen molar-refractivity contribution in [2.45, 2.75) is 19.9 Å². The van der Waals surface area contributed by atoms with Gasteiger partial charge in [0.25, 0.3) is 0 Å². The first-order valence-corrected chi connectivity index (χ1v) is 4.95. The van der Waals surface area contributed by atoms with E-state index in [0.717, 1.165) is 11.3 Å². The number of benzene rings is 1. The molecule has 0 saturated heterocycles. The van der Waals surface area contributed by atoms with Crippen LogP contribution in [-0.4, -0.2) is 4.98 Å². The molecule has 0 spiro atoms. The summed E-state index contributed by atoms with van der Waals surface area (Å²) in [6.07, 6.45) is 1.71. The minimum atomic E-state index is -0.163. The Kier molecular flexibility index (Phi) is 2.56. The summed E-state index contributed by atoms with van der Waals surface area (Å²) in [6.45, 7) is 3.91. The van der Waals surface area contributed by atoms with Gasteiger partial charge in [-0.15, -0.1) is 0 Å². The molecule has 0 radical (unpaired) electrons. The van der Waals surface area contributed by atoms with Crippen LogP contribution in [0.4, 0.5) is 0 Å². The smallest absolute Gasteiger partial charge is 0.211 e. The molecule has 1 atom stereocenters. The van der Waals surface area contributed by atoms with Crippen molar-refractivity contribution < 1.29 is 4.42 Å². The second kappa shape index (κ2) is 3.87. The fourth-order valence-electron chi connectivity index (χ4n) is 1.35. The summed E-state index contributed by atoms with van der Waals surface area (Å²) in [5, 5.41) is 0. The highest BCUT2D eigenvalue weighted by atomic mass is 16.4. The van der Waals surface area contributed by atoms with E-state index >= 15 is 0 Å². The topological polar surface area (TPSA) is 52.0 Å². The van der Waals surface area contributed by atoms with Crippen LogP contribution in [0, 0.1) is 6.92 Å². The Morgan fingerprint density at radius 1 is 1.27 bits per heavy atom. The van der Waals surface area contributed by atoms with Gasteiger partial charge in [-0.05, 0) is 13.8 Å². The molecule has 2 rings (SSSR count). The van der Waals surface area contributed by atoms with Crippen molar-refractivity contribution in [2.24, 2.45) is 5.73 Å². The summed E-state index contributed by atoms with van der Waals surface area (Å²) in [7, 11) is 0. The highest BCUT2D eigenvalue weighted by molar-refractivity contribution is 5.56. The molecule has 1 unspecified atom stereocenters. The molecular weight excluding hydrogens is 188 g/mol. The number of oxazole rings is 1. The van der Waals surface area contributed by atoms with Crippen molar-refractivity contribution in [3.63, 3.8) is 0 Å². The Morgan fingerprint density at radius 3 is 2.47 bits per heavy atom. The van der Waals surface area contributed by atoms with Crippen LogP contribution in [0.25, 0.3) is 11.3 Å². The van der Waals surface area contributed by atoms with Crippen molar-refractivity contribution in [2.75, 3.05) is 0 Å². The average Bonchev–Trinajstić information content (AvgIpc) is 2.68. The van der Waals surface area contributed by atoms with Crippen molar-refractivity contribution >= 4 is 0 Å². The number of aryl methyl sites for hydroxylation is 1. The maximum atomic E-state index is 5.67. The quantitative estimate of drug-likeness (QED) is 0.814. The standard InChI is InChI=1S/C12H14N2O/c1-8-3-5-10(6-4-8)11-7-14-12(15-11)9(2)13/h3-7,9H,13H2,1-2H3. The van der Waals surface area contributed by atoms with Crippen LogP contribution in [-0.2, 0) is 0 Å². The maximum Gasteiger partial charge on any atom is 0.211 e. The number of rotatable bonds is 2. The molecule has 1 aromatic carbocycles. The fourth-order valence-corrected chi connectivity index (χ4v) is 1.35. The molecule has 2 N–H and O–H groups in total. The highest BCUT2D eigenvalue weighted by Gasteiger charge is 2.08. The van der Waals surface area contributed by atoms with E-state index in [1.54, 1.807) is 6.20 Å². The molecule has 3 heteroatoms. The molecule has 0 fully saturated rings. The largest absolute Gasteiger partial charge is 0.439 e. The lowest BCUT2D eigenvalue weighted by atomic mass is 10.1. The molecule has 3 nitrogen and oxygen atoms in total. The highest BCUT2D eigenvalue weighted by Crippen LogP contribution is 2.22. The normalized spacial score (nSPS) is 12.7. The van der Waals surface area contributed by atoms with Crippen LogP contribution in [0.5, 0.6) is 0 Å². The Balaban J connectivity index is 2.33. The van der Waals surface area contributed by atoms with Crippen molar-refractivity contribution in [3.05, 3.63) is 41.9 Å². The van der Waals surface area contributed by atoms with E-state index in [1.807, 2.05) is 31.2 Å². The lowest BCUT2D eigenvalue weighted by Crippen LogP contribution is -2.04. The van der Waals surface area contributed by atoms with Crippen molar-refractivity contribution in [1.29, 1.82) is 0 Å². The van der Waals surface area contributed by atoms with Crippen molar-refractivity contribution in [1.82, 2.24) is 4.98 Å². The maximum absolute atomic E-state index is 5.67. The molecule has 1 heterocycles. The lowest BCUT2D eigenvalue weighted by molar-refractivity contribution is 0.473. The summed E-state index contributed by atoms with van der Waals surface area (Å²) in [6, 6.07) is 7.96. The third-order valence-corrected chi connectivity index (χ3v) is 2.25. The monoisotopic (exact) mass is 202 g/mol. The van der Waals surface area contributed by atoms with Crippen LogP contribution < -0.4 is 5.73 Å². The summed E-state index contributed by atoms with van der Waals surface area (Å²) in [5.41, 5.74) is 7.93. The van der Waals surface area contributed by atoms with Gasteiger partial charge in [0, 0.05) is 5.56 Å². The van der Waals surface area contributed by atoms with Crippen molar-refractivity contribution in [3.8, 4) is 11.3 Å². The predicted molar refractivity (Wildman–Crippen MR) is 59.3 cm³/mol. The van der Waals surface area contributed by atoms with Gasteiger partial charge in [-0.3, -0.25) is 0 Å². The molecule has 0 bridgehead atoms. The molecule has 1 aromatic heterocycles. The minimum Gasteiger partial charge on any atom is -0.439 e. The molecule has 0 aliphatic heterocycles. The second-order valence-corrected chi connectivity index (χ2v) is 3.72. The number of aromatic nitrogens is 1. The summed E-state index contributed by atoms with van der Waals surface area (Å²) in [4.78, 5) is 4.12. The molecule has 0 saturated carbocycles. The predicted octanol–water partition coefficient (Wildman–Crippen LogP) is 2.67. The molecule has 2 aromatic rings. The summed E-state index contributed by atoms with van der Waals surface area (Å²) < 4.78 is 5.53. The zero-order chi connectivity index (χ0) is 10.8. The number of hydrogen-bond donors (Lipinski definition) is 1. The SMILES string of the molecule is Cc1ccc(-c2cnc(C(C)N)o2)cc1. The van der Waals surface area contributed by atoms with Gasteiger partial charge < -0.3 is 10.2 Å². The van der Waals surface area contributed by atoms with Gasteiger partial charge in [0.05, 0.1) is 12.2 Å². The lowest BCUT2D eigenvalue weighted by Gasteiger charge is -1.98. The van der Waals surface area contributed by atoms with Crippen LogP contribution in [0.15, 0.2) is 34.9 Å². The van der Waals surface area contributed by atoms with Gasteiger partial charge in [-0.25, -0.2) is 4.98 Å². The second-order valence-electron chi connectivity index (χ2n) is 3.72. The molecule has 15 heavy (non-hydrogen) atoms. The Labute approximate surface area is 88.9 Å².